The van der Waals surface area contributed by atoms with E-state index < -0.39 is 0 Å². The van der Waals surface area contributed by atoms with E-state index in [2.05, 4.69) is 6.92 Å². The molecule has 0 aliphatic carbocycles. The Morgan fingerprint density at radius 2 is 1.58 bits per heavy atom. The highest BCUT2D eigenvalue weighted by atomic mass is 16.5. The average Bonchev–Trinajstić information content (AvgIpc) is 2.67. The Morgan fingerprint density at radius 3 is 2.27 bits per heavy atom. The van der Waals surface area contributed by atoms with Crippen LogP contribution in [0.5, 0.6) is 0 Å². The minimum atomic E-state index is -0.285. The van der Waals surface area contributed by atoms with Gasteiger partial charge in [-0.15, -0.1) is 0 Å². The minimum Gasteiger partial charge on any atom is -0.462 e. The fraction of sp³-hybridized carbons (Fsp3) is 0.348. The zero-order chi connectivity index (χ0) is 18.6. The van der Waals surface area contributed by atoms with Crippen molar-refractivity contribution in [3.63, 3.8) is 0 Å². The van der Waals surface area contributed by atoms with E-state index in [1.807, 2.05) is 48.5 Å². The first-order valence-corrected chi connectivity index (χ1v) is 9.50. The van der Waals surface area contributed by atoms with Gasteiger partial charge >= 0.3 is 5.97 Å². The second-order valence-electron chi connectivity index (χ2n) is 6.49. The lowest BCUT2D eigenvalue weighted by atomic mass is 10.0. The summed E-state index contributed by atoms with van der Waals surface area (Å²) in [7, 11) is 0. The largest absolute Gasteiger partial charge is 0.462 e. The normalized spacial score (nSPS) is 11.3. The summed E-state index contributed by atoms with van der Waals surface area (Å²) in [5.74, 6) is -0.285. The Hall–Kier alpha value is -2.55. The van der Waals surface area contributed by atoms with E-state index in [0.29, 0.717) is 17.9 Å². The molecule has 3 heteroatoms. The van der Waals surface area contributed by atoms with Gasteiger partial charge in [0.2, 0.25) is 0 Å². The standard InChI is InChI=1S/C23H29NO2/c1-2-3-4-5-6-10-17-26-23(25)22(18-19-11-8-7-9-12-19)20-13-15-21(24)16-14-20/h7-9,11-16,18H,2-6,10,17,24H2,1H3. The first-order valence-electron chi connectivity index (χ1n) is 9.50. The van der Waals surface area contributed by atoms with Gasteiger partial charge in [-0.1, -0.05) is 81.5 Å². The molecular weight excluding hydrogens is 322 g/mol. The van der Waals surface area contributed by atoms with Crippen molar-refractivity contribution in [1.29, 1.82) is 0 Å². The van der Waals surface area contributed by atoms with Gasteiger partial charge in [0.05, 0.1) is 12.2 Å². The van der Waals surface area contributed by atoms with E-state index in [-0.39, 0.29) is 5.97 Å². The van der Waals surface area contributed by atoms with E-state index in [1.165, 1.54) is 25.7 Å². The van der Waals surface area contributed by atoms with Crippen LogP contribution in [0.3, 0.4) is 0 Å². The smallest absolute Gasteiger partial charge is 0.338 e. The fourth-order valence-electron chi connectivity index (χ4n) is 2.76. The summed E-state index contributed by atoms with van der Waals surface area (Å²) in [6.07, 6.45) is 8.87. The maximum atomic E-state index is 12.6. The van der Waals surface area contributed by atoms with Crippen molar-refractivity contribution < 1.29 is 9.53 Å². The Morgan fingerprint density at radius 1 is 0.923 bits per heavy atom. The summed E-state index contributed by atoms with van der Waals surface area (Å²) in [5, 5.41) is 0. The average molecular weight is 351 g/mol. The molecule has 138 valence electrons. The molecule has 0 fully saturated rings. The molecule has 2 rings (SSSR count). The second kappa shape index (κ2) is 11.1. The van der Waals surface area contributed by atoms with Crippen molar-refractivity contribution in [1.82, 2.24) is 0 Å². The maximum Gasteiger partial charge on any atom is 0.338 e. The number of hydrogen-bond donors (Lipinski definition) is 1. The molecule has 0 saturated carbocycles. The van der Waals surface area contributed by atoms with E-state index in [4.69, 9.17) is 10.5 Å². The fourth-order valence-corrected chi connectivity index (χ4v) is 2.76. The predicted octanol–water partition coefficient (Wildman–Crippen LogP) is 5.71. The Kier molecular flexibility index (Phi) is 8.47. The van der Waals surface area contributed by atoms with Crippen molar-refractivity contribution in [2.45, 2.75) is 45.4 Å². The minimum absolute atomic E-state index is 0.285. The number of hydrogen-bond acceptors (Lipinski definition) is 3. The van der Waals surface area contributed by atoms with Crippen LogP contribution in [-0.4, -0.2) is 12.6 Å². The van der Waals surface area contributed by atoms with E-state index in [0.717, 1.165) is 24.0 Å². The van der Waals surface area contributed by atoms with Gasteiger partial charge in [-0.2, -0.15) is 0 Å². The van der Waals surface area contributed by atoms with Gasteiger partial charge in [0.1, 0.15) is 0 Å². The van der Waals surface area contributed by atoms with Crippen molar-refractivity contribution in [2.24, 2.45) is 0 Å². The van der Waals surface area contributed by atoms with Crippen LogP contribution in [-0.2, 0) is 9.53 Å². The third kappa shape index (κ3) is 6.75. The predicted molar refractivity (Wildman–Crippen MR) is 110 cm³/mol. The first-order chi connectivity index (χ1) is 12.7. The van der Waals surface area contributed by atoms with Gasteiger partial charge in [-0.25, -0.2) is 4.79 Å². The Balaban J connectivity index is 2.01. The summed E-state index contributed by atoms with van der Waals surface area (Å²) in [6, 6.07) is 17.1. The lowest BCUT2D eigenvalue weighted by Crippen LogP contribution is -2.08. The number of rotatable bonds is 10. The van der Waals surface area contributed by atoms with Crippen molar-refractivity contribution in [2.75, 3.05) is 12.3 Å². The highest BCUT2D eigenvalue weighted by Crippen LogP contribution is 2.21. The molecule has 2 aromatic rings. The molecule has 2 aromatic carbocycles. The van der Waals surface area contributed by atoms with E-state index in [9.17, 15) is 4.79 Å². The molecule has 0 aliphatic rings. The van der Waals surface area contributed by atoms with Crippen molar-refractivity contribution in [3.05, 3.63) is 65.7 Å². The number of nitrogens with two attached hydrogens (primary N) is 1. The van der Waals surface area contributed by atoms with Crippen LogP contribution in [0.1, 0.15) is 56.6 Å². The third-order valence-corrected chi connectivity index (χ3v) is 4.28. The Labute approximate surface area is 156 Å². The number of benzene rings is 2. The summed E-state index contributed by atoms with van der Waals surface area (Å²) in [6.45, 7) is 2.67. The first kappa shape index (κ1) is 19.8. The third-order valence-electron chi connectivity index (χ3n) is 4.28. The number of carbonyl (C=O) groups excluding carboxylic acids is 1. The van der Waals surface area contributed by atoms with Gasteiger partial charge in [0.25, 0.3) is 0 Å². The summed E-state index contributed by atoms with van der Waals surface area (Å²) < 4.78 is 5.53. The van der Waals surface area contributed by atoms with Crippen LogP contribution < -0.4 is 5.73 Å². The van der Waals surface area contributed by atoms with E-state index in [1.54, 1.807) is 12.1 Å². The topological polar surface area (TPSA) is 52.3 Å². The molecule has 0 amide bonds. The molecule has 0 aromatic heterocycles. The Bertz CT molecular complexity index is 690. The molecule has 0 bridgehead atoms. The number of esters is 1. The molecular formula is C23H29NO2. The zero-order valence-electron chi connectivity index (χ0n) is 15.6. The summed E-state index contributed by atoms with van der Waals surface area (Å²) in [4.78, 5) is 12.6. The molecule has 0 radical (unpaired) electrons. The molecule has 0 spiro atoms. The van der Waals surface area contributed by atoms with Crippen molar-refractivity contribution in [3.8, 4) is 0 Å². The lowest BCUT2D eigenvalue weighted by Gasteiger charge is -2.10. The molecule has 0 heterocycles. The molecule has 0 saturated heterocycles. The van der Waals surface area contributed by atoms with Gasteiger partial charge in [0.15, 0.2) is 0 Å². The lowest BCUT2D eigenvalue weighted by molar-refractivity contribution is -0.136. The van der Waals surface area contributed by atoms with Crippen LogP contribution in [0.15, 0.2) is 54.6 Å². The van der Waals surface area contributed by atoms with Crippen molar-refractivity contribution >= 4 is 23.3 Å². The molecule has 0 unspecified atom stereocenters. The maximum absolute atomic E-state index is 12.6. The molecule has 0 aliphatic heterocycles. The molecule has 2 N–H and O–H groups in total. The van der Waals surface area contributed by atoms with Gasteiger partial charge in [0, 0.05) is 5.69 Å². The van der Waals surface area contributed by atoms with E-state index >= 15 is 0 Å². The number of unbranched alkanes of at least 4 members (excludes halogenated alkanes) is 5. The van der Waals surface area contributed by atoms with Crippen LogP contribution in [0.2, 0.25) is 0 Å². The van der Waals surface area contributed by atoms with Crippen LogP contribution in [0.4, 0.5) is 5.69 Å². The molecule has 3 nitrogen and oxygen atoms in total. The number of carbonyl (C=O) groups is 1. The highest BCUT2D eigenvalue weighted by Gasteiger charge is 2.13. The zero-order valence-corrected chi connectivity index (χ0v) is 15.6. The summed E-state index contributed by atoms with van der Waals surface area (Å²) in [5.41, 5.74) is 8.78. The highest BCUT2D eigenvalue weighted by molar-refractivity contribution is 6.21. The second-order valence-corrected chi connectivity index (χ2v) is 6.49. The van der Waals surface area contributed by atoms with Gasteiger partial charge in [-0.3, -0.25) is 0 Å². The summed E-state index contributed by atoms with van der Waals surface area (Å²) >= 11 is 0. The molecule has 0 atom stereocenters. The van der Waals surface area contributed by atoms with Crippen LogP contribution >= 0.6 is 0 Å². The molecule has 26 heavy (non-hydrogen) atoms. The van der Waals surface area contributed by atoms with Gasteiger partial charge in [-0.05, 0) is 35.8 Å². The quantitative estimate of drug-likeness (QED) is 0.196. The number of ether oxygens (including phenoxy) is 1. The van der Waals surface area contributed by atoms with Gasteiger partial charge < -0.3 is 10.5 Å². The monoisotopic (exact) mass is 351 g/mol. The van der Waals surface area contributed by atoms with Crippen LogP contribution in [0.25, 0.3) is 11.6 Å². The number of anilines is 1. The SMILES string of the molecule is CCCCCCCCOC(=O)C(=Cc1ccccc1)c1ccc(N)cc1. The number of nitrogen functional groups attached to an aromatic ring is 1. The van der Waals surface area contributed by atoms with Crippen LogP contribution in [0, 0.1) is 0 Å².